The Morgan fingerprint density at radius 3 is 2.74 bits per heavy atom. The summed E-state index contributed by atoms with van der Waals surface area (Å²) in [5.74, 6) is 0.448. The van der Waals surface area contributed by atoms with Crippen molar-refractivity contribution in [2.24, 2.45) is 0 Å². The molecule has 3 heteroatoms. The van der Waals surface area contributed by atoms with Crippen molar-refractivity contribution in [2.45, 2.75) is 45.3 Å². The summed E-state index contributed by atoms with van der Waals surface area (Å²) in [7, 11) is 0. The van der Waals surface area contributed by atoms with E-state index in [9.17, 15) is 4.79 Å². The van der Waals surface area contributed by atoms with Gasteiger partial charge in [-0.2, -0.15) is 0 Å². The van der Waals surface area contributed by atoms with E-state index in [4.69, 9.17) is 9.47 Å². The van der Waals surface area contributed by atoms with Gasteiger partial charge in [0.05, 0.1) is 12.2 Å². The van der Waals surface area contributed by atoms with E-state index in [1.54, 1.807) is 0 Å². The first-order chi connectivity index (χ1) is 9.13. The number of cyclic esters (lactones) is 1. The zero-order chi connectivity index (χ0) is 13.7. The van der Waals surface area contributed by atoms with Gasteiger partial charge in [0.2, 0.25) is 0 Å². The molecule has 0 spiro atoms. The molecule has 3 nitrogen and oxygen atoms in total. The second kappa shape index (κ2) is 6.41. The number of esters is 1. The minimum atomic E-state index is -0.292. The molecule has 0 N–H and O–H groups in total. The normalized spacial score (nSPS) is 19.0. The lowest BCUT2D eigenvalue weighted by Gasteiger charge is -2.24. The summed E-state index contributed by atoms with van der Waals surface area (Å²) < 4.78 is 10.9. The van der Waals surface area contributed by atoms with E-state index in [2.05, 4.69) is 12.1 Å². The molecule has 1 heterocycles. The van der Waals surface area contributed by atoms with Crippen molar-refractivity contribution in [3.63, 3.8) is 0 Å². The molecule has 1 aromatic rings. The molecule has 2 rings (SSSR count). The highest BCUT2D eigenvalue weighted by atomic mass is 16.6. The van der Waals surface area contributed by atoms with Crippen LogP contribution in [0.3, 0.4) is 0 Å². The Morgan fingerprint density at radius 2 is 2.05 bits per heavy atom. The number of carbonyl (C=O) groups excluding carboxylic acids is 1. The van der Waals surface area contributed by atoms with Crippen molar-refractivity contribution in [2.75, 3.05) is 0 Å². The van der Waals surface area contributed by atoms with Gasteiger partial charge in [0, 0.05) is 6.42 Å². The second-order valence-corrected chi connectivity index (χ2v) is 5.06. The highest BCUT2D eigenvalue weighted by Gasteiger charge is 2.22. The van der Waals surface area contributed by atoms with Crippen LogP contribution in [0.5, 0.6) is 0 Å². The molecule has 102 valence electrons. The minimum absolute atomic E-state index is 0.0774. The van der Waals surface area contributed by atoms with E-state index in [0.29, 0.717) is 6.42 Å². The van der Waals surface area contributed by atoms with E-state index in [1.807, 2.05) is 32.0 Å². The van der Waals surface area contributed by atoms with Gasteiger partial charge in [-0.1, -0.05) is 30.3 Å². The third-order valence-corrected chi connectivity index (χ3v) is 2.98. The molecule has 0 radical (unpaired) electrons. The molecule has 1 aliphatic heterocycles. The fourth-order valence-corrected chi connectivity index (χ4v) is 2.17. The average molecular weight is 260 g/mol. The number of hydrogen-bond donors (Lipinski definition) is 0. The predicted molar refractivity (Wildman–Crippen MR) is 73.6 cm³/mol. The maximum Gasteiger partial charge on any atom is 0.334 e. The predicted octanol–water partition coefficient (Wildman–Crippen LogP) is 3.24. The third kappa shape index (κ3) is 4.43. The summed E-state index contributed by atoms with van der Waals surface area (Å²) in [6.45, 7) is 3.92. The van der Waals surface area contributed by atoms with Gasteiger partial charge in [-0.3, -0.25) is 0 Å². The Labute approximate surface area is 114 Å². The first kappa shape index (κ1) is 13.7. The van der Waals surface area contributed by atoms with Gasteiger partial charge in [-0.05, 0) is 32.3 Å². The summed E-state index contributed by atoms with van der Waals surface area (Å²) in [5.41, 5.74) is 1.26. The van der Waals surface area contributed by atoms with Crippen molar-refractivity contribution < 1.29 is 14.3 Å². The maximum atomic E-state index is 11.5. The topological polar surface area (TPSA) is 35.5 Å². The maximum absolute atomic E-state index is 11.5. The zero-order valence-electron chi connectivity index (χ0n) is 11.5. The van der Waals surface area contributed by atoms with Crippen LogP contribution in [-0.2, 0) is 20.7 Å². The van der Waals surface area contributed by atoms with Crippen molar-refractivity contribution in [1.82, 2.24) is 0 Å². The summed E-state index contributed by atoms with van der Waals surface area (Å²) >= 11 is 0. The largest absolute Gasteiger partial charge is 0.495 e. The van der Waals surface area contributed by atoms with Crippen LogP contribution >= 0.6 is 0 Å². The molecular formula is C16H20O3. The van der Waals surface area contributed by atoms with Crippen LogP contribution in [0.4, 0.5) is 0 Å². The second-order valence-electron chi connectivity index (χ2n) is 5.06. The van der Waals surface area contributed by atoms with Gasteiger partial charge >= 0.3 is 5.97 Å². The van der Waals surface area contributed by atoms with Gasteiger partial charge in [0.1, 0.15) is 11.9 Å². The zero-order valence-corrected chi connectivity index (χ0v) is 11.5. The Hall–Kier alpha value is -1.77. The van der Waals surface area contributed by atoms with Gasteiger partial charge in [0.25, 0.3) is 0 Å². The molecule has 1 unspecified atom stereocenters. The van der Waals surface area contributed by atoms with Crippen LogP contribution in [0.2, 0.25) is 0 Å². The van der Waals surface area contributed by atoms with E-state index in [1.165, 1.54) is 11.6 Å². The number of aryl methyl sites for hydroxylation is 1. The van der Waals surface area contributed by atoms with Crippen LogP contribution in [0, 0.1) is 0 Å². The summed E-state index contributed by atoms with van der Waals surface area (Å²) in [6, 6.07) is 10.2. The van der Waals surface area contributed by atoms with Crippen molar-refractivity contribution >= 4 is 5.97 Å². The molecule has 0 fully saturated rings. The summed E-state index contributed by atoms with van der Waals surface area (Å²) in [5, 5.41) is 0. The molecular weight excluding hydrogens is 240 g/mol. The van der Waals surface area contributed by atoms with Crippen LogP contribution < -0.4 is 0 Å². The van der Waals surface area contributed by atoms with Crippen LogP contribution in [0.15, 0.2) is 42.2 Å². The molecule has 1 aromatic carbocycles. The number of hydrogen-bond acceptors (Lipinski definition) is 3. The summed E-state index contributed by atoms with van der Waals surface area (Å²) in [4.78, 5) is 11.5. The Bertz CT molecular complexity index is 448. The van der Waals surface area contributed by atoms with Crippen LogP contribution in [0.25, 0.3) is 0 Å². The minimum Gasteiger partial charge on any atom is -0.495 e. The fourth-order valence-electron chi connectivity index (χ4n) is 2.17. The monoisotopic (exact) mass is 260 g/mol. The molecule has 0 saturated heterocycles. The van der Waals surface area contributed by atoms with Gasteiger partial charge in [0.15, 0.2) is 0 Å². The molecule has 0 bridgehead atoms. The number of ether oxygens (including phenoxy) is 2. The van der Waals surface area contributed by atoms with Crippen LogP contribution in [-0.4, -0.2) is 18.2 Å². The lowest BCUT2D eigenvalue weighted by molar-refractivity contribution is -0.145. The smallest absolute Gasteiger partial charge is 0.334 e. The molecule has 1 atom stereocenters. The molecule has 0 saturated carbocycles. The van der Waals surface area contributed by atoms with E-state index in [-0.39, 0.29) is 18.2 Å². The molecule has 0 amide bonds. The van der Waals surface area contributed by atoms with E-state index < -0.39 is 0 Å². The van der Waals surface area contributed by atoms with E-state index >= 15 is 0 Å². The molecule has 0 aliphatic carbocycles. The highest BCUT2D eigenvalue weighted by molar-refractivity contribution is 5.83. The van der Waals surface area contributed by atoms with Crippen molar-refractivity contribution in [3.8, 4) is 0 Å². The van der Waals surface area contributed by atoms with Gasteiger partial charge in [-0.25, -0.2) is 4.79 Å². The van der Waals surface area contributed by atoms with E-state index in [0.717, 1.165) is 18.6 Å². The third-order valence-electron chi connectivity index (χ3n) is 2.98. The molecule has 19 heavy (non-hydrogen) atoms. The van der Waals surface area contributed by atoms with Gasteiger partial charge < -0.3 is 9.47 Å². The Balaban J connectivity index is 1.88. The lowest BCUT2D eigenvalue weighted by Crippen LogP contribution is -2.25. The lowest BCUT2D eigenvalue weighted by atomic mass is 10.0. The van der Waals surface area contributed by atoms with Crippen molar-refractivity contribution in [1.29, 1.82) is 0 Å². The summed E-state index contributed by atoms with van der Waals surface area (Å²) in [6.07, 6.45) is 3.89. The average Bonchev–Trinajstić information content (AvgIpc) is 2.36. The Kier molecular flexibility index (Phi) is 4.61. The first-order valence-corrected chi connectivity index (χ1v) is 6.75. The molecule has 1 aliphatic rings. The number of benzene rings is 1. The number of carbonyl (C=O) groups is 1. The Morgan fingerprint density at radius 1 is 1.32 bits per heavy atom. The standard InChI is InChI=1S/C16H20O3/c1-12(2)18-15-10-14(19-16(17)11-15)9-8-13-6-4-3-5-7-13/h3-7,11-12,14H,8-10H2,1-2H3. The van der Waals surface area contributed by atoms with Crippen molar-refractivity contribution in [3.05, 3.63) is 47.7 Å². The fraction of sp³-hybridized carbons (Fsp3) is 0.438. The molecule has 0 aromatic heterocycles. The first-order valence-electron chi connectivity index (χ1n) is 6.75. The number of rotatable bonds is 5. The SMILES string of the molecule is CC(C)OC1=CC(=O)OC(CCc2ccccc2)C1. The van der Waals surface area contributed by atoms with Crippen LogP contribution in [0.1, 0.15) is 32.3 Å². The quantitative estimate of drug-likeness (QED) is 0.762. The van der Waals surface area contributed by atoms with Gasteiger partial charge in [-0.15, -0.1) is 0 Å². The highest BCUT2D eigenvalue weighted by Crippen LogP contribution is 2.21.